The standard InChI is InChI=1S/C15H22ClN3OS/c1-10-8-19(9-11(2)21-10)6-5-15(20)18-12-3-4-13(16)14(17)7-12/h3-4,7,10-11H,5-6,8-9,17H2,1-2H3,(H,18,20). The first-order valence-corrected chi connectivity index (χ1v) is 8.49. The van der Waals surface area contributed by atoms with Crippen molar-refractivity contribution >= 4 is 40.6 Å². The van der Waals surface area contributed by atoms with Gasteiger partial charge in [-0.05, 0) is 18.2 Å². The van der Waals surface area contributed by atoms with Gasteiger partial charge in [-0.15, -0.1) is 0 Å². The minimum Gasteiger partial charge on any atom is -0.397 e. The van der Waals surface area contributed by atoms with Gasteiger partial charge in [0.2, 0.25) is 5.91 Å². The van der Waals surface area contributed by atoms with Crippen LogP contribution in [-0.4, -0.2) is 40.9 Å². The average molecular weight is 328 g/mol. The fraction of sp³-hybridized carbons (Fsp3) is 0.533. The molecule has 116 valence electrons. The molecular weight excluding hydrogens is 306 g/mol. The van der Waals surface area contributed by atoms with Crippen LogP contribution in [0.1, 0.15) is 20.3 Å². The molecule has 1 aliphatic rings. The first-order valence-electron chi connectivity index (χ1n) is 7.16. The number of anilines is 2. The Hall–Kier alpha value is -0.910. The SMILES string of the molecule is CC1CN(CCC(=O)Nc2ccc(Cl)c(N)c2)CC(C)S1. The normalized spacial score (nSPS) is 23.0. The maximum Gasteiger partial charge on any atom is 0.225 e. The van der Waals surface area contributed by atoms with Gasteiger partial charge < -0.3 is 16.0 Å². The molecule has 1 aromatic carbocycles. The molecule has 0 aromatic heterocycles. The van der Waals surface area contributed by atoms with Crippen molar-refractivity contribution in [1.82, 2.24) is 4.90 Å². The second-order valence-electron chi connectivity index (χ2n) is 5.55. The molecule has 0 radical (unpaired) electrons. The summed E-state index contributed by atoms with van der Waals surface area (Å²) in [4.78, 5) is 14.4. The number of nitrogens with one attached hydrogen (secondary N) is 1. The average Bonchev–Trinajstić information content (AvgIpc) is 2.40. The van der Waals surface area contributed by atoms with E-state index in [-0.39, 0.29) is 5.91 Å². The Labute approximate surface area is 135 Å². The minimum atomic E-state index is 0.00950. The first-order chi connectivity index (χ1) is 9.94. The third kappa shape index (κ3) is 5.09. The van der Waals surface area contributed by atoms with E-state index in [0.717, 1.165) is 19.6 Å². The minimum absolute atomic E-state index is 0.00950. The number of nitrogens with zero attached hydrogens (tertiary/aromatic N) is 1. The van der Waals surface area contributed by atoms with E-state index in [9.17, 15) is 4.79 Å². The summed E-state index contributed by atoms with van der Waals surface area (Å²) in [5.41, 5.74) is 6.89. The van der Waals surface area contributed by atoms with E-state index in [1.165, 1.54) is 0 Å². The Bertz CT molecular complexity index is 502. The lowest BCUT2D eigenvalue weighted by Crippen LogP contribution is -2.41. The molecule has 1 heterocycles. The van der Waals surface area contributed by atoms with Crippen LogP contribution in [0, 0.1) is 0 Å². The molecule has 1 amide bonds. The number of nitrogen functional groups attached to an aromatic ring is 1. The largest absolute Gasteiger partial charge is 0.397 e. The summed E-state index contributed by atoms with van der Waals surface area (Å²) in [6.07, 6.45) is 0.493. The Morgan fingerprint density at radius 3 is 2.71 bits per heavy atom. The molecule has 1 aromatic rings. The monoisotopic (exact) mass is 327 g/mol. The highest BCUT2D eigenvalue weighted by atomic mass is 35.5. The van der Waals surface area contributed by atoms with Gasteiger partial charge in [-0.2, -0.15) is 11.8 Å². The third-order valence-corrected chi connectivity index (χ3v) is 5.00. The van der Waals surface area contributed by atoms with Crippen LogP contribution < -0.4 is 11.1 Å². The number of thioether (sulfide) groups is 1. The predicted molar refractivity (Wildman–Crippen MR) is 92.1 cm³/mol. The zero-order valence-corrected chi connectivity index (χ0v) is 14.0. The quantitative estimate of drug-likeness (QED) is 0.834. The molecular formula is C15H22ClN3OS. The molecule has 2 atom stereocenters. The second kappa shape index (κ2) is 7.38. The van der Waals surface area contributed by atoms with Crippen molar-refractivity contribution in [3.8, 4) is 0 Å². The number of hydrogen-bond acceptors (Lipinski definition) is 4. The van der Waals surface area contributed by atoms with E-state index in [4.69, 9.17) is 17.3 Å². The van der Waals surface area contributed by atoms with Gasteiger partial charge in [-0.25, -0.2) is 0 Å². The Balaban J connectivity index is 1.80. The number of carbonyl (C=O) groups excluding carboxylic acids is 1. The topological polar surface area (TPSA) is 58.4 Å². The second-order valence-corrected chi connectivity index (χ2v) is 7.84. The summed E-state index contributed by atoms with van der Waals surface area (Å²) >= 11 is 7.88. The van der Waals surface area contributed by atoms with Crippen molar-refractivity contribution in [2.24, 2.45) is 0 Å². The highest BCUT2D eigenvalue weighted by molar-refractivity contribution is 8.00. The predicted octanol–water partition coefficient (Wildman–Crippen LogP) is 3.08. The van der Waals surface area contributed by atoms with Crippen LogP contribution in [0.5, 0.6) is 0 Å². The van der Waals surface area contributed by atoms with Crippen molar-refractivity contribution in [2.75, 3.05) is 30.7 Å². The number of benzene rings is 1. The summed E-state index contributed by atoms with van der Waals surface area (Å²) < 4.78 is 0. The van der Waals surface area contributed by atoms with Crippen LogP contribution in [0.2, 0.25) is 5.02 Å². The Morgan fingerprint density at radius 2 is 2.10 bits per heavy atom. The Morgan fingerprint density at radius 1 is 1.43 bits per heavy atom. The van der Waals surface area contributed by atoms with Crippen LogP contribution in [0.25, 0.3) is 0 Å². The summed E-state index contributed by atoms with van der Waals surface area (Å²) in [5.74, 6) is 0.00950. The molecule has 21 heavy (non-hydrogen) atoms. The van der Waals surface area contributed by atoms with Gasteiger partial charge in [-0.3, -0.25) is 4.79 Å². The van der Waals surface area contributed by atoms with Crippen LogP contribution in [0.3, 0.4) is 0 Å². The molecule has 1 saturated heterocycles. The van der Waals surface area contributed by atoms with Crippen molar-refractivity contribution < 1.29 is 4.79 Å². The fourth-order valence-electron chi connectivity index (χ4n) is 2.57. The maximum atomic E-state index is 12.0. The van der Waals surface area contributed by atoms with E-state index >= 15 is 0 Å². The van der Waals surface area contributed by atoms with E-state index in [0.29, 0.717) is 33.3 Å². The summed E-state index contributed by atoms with van der Waals surface area (Å²) in [7, 11) is 0. The maximum absolute atomic E-state index is 12.0. The van der Waals surface area contributed by atoms with Gasteiger partial charge in [0.25, 0.3) is 0 Å². The molecule has 0 spiro atoms. The molecule has 0 aliphatic carbocycles. The van der Waals surface area contributed by atoms with Gasteiger partial charge in [0, 0.05) is 42.2 Å². The highest BCUT2D eigenvalue weighted by Gasteiger charge is 2.22. The van der Waals surface area contributed by atoms with Crippen LogP contribution in [0.15, 0.2) is 18.2 Å². The zero-order valence-electron chi connectivity index (χ0n) is 12.4. The molecule has 2 rings (SSSR count). The highest BCUT2D eigenvalue weighted by Crippen LogP contribution is 2.25. The number of amides is 1. The van der Waals surface area contributed by atoms with Crippen molar-refractivity contribution in [1.29, 1.82) is 0 Å². The summed E-state index contributed by atoms with van der Waals surface area (Å²) in [5, 5.41) is 4.63. The Kier molecular flexibility index (Phi) is 5.79. The zero-order chi connectivity index (χ0) is 15.4. The van der Waals surface area contributed by atoms with Gasteiger partial charge >= 0.3 is 0 Å². The van der Waals surface area contributed by atoms with Gasteiger partial charge in [-0.1, -0.05) is 25.4 Å². The van der Waals surface area contributed by atoms with E-state index in [2.05, 4.69) is 24.1 Å². The number of halogens is 1. The molecule has 2 unspecified atom stereocenters. The van der Waals surface area contributed by atoms with E-state index < -0.39 is 0 Å². The first kappa shape index (κ1) is 16.5. The van der Waals surface area contributed by atoms with Crippen LogP contribution in [0.4, 0.5) is 11.4 Å². The lowest BCUT2D eigenvalue weighted by molar-refractivity contribution is -0.116. The van der Waals surface area contributed by atoms with Gasteiger partial charge in [0.15, 0.2) is 0 Å². The number of carbonyl (C=O) groups is 1. The van der Waals surface area contributed by atoms with Gasteiger partial charge in [0.05, 0.1) is 10.7 Å². The van der Waals surface area contributed by atoms with Gasteiger partial charge in [0.1, 0.15) is 0 Å². The lowest BCUT2D eigenvalue weighted by Gasteiger charge is -2.34. The molecule has 4 nitrogen and oxygen atoms in total. The fourth-order valence-corrected chi connectivity index (χ4v) is 4.08. The molecule has 1 fully saturated rings. The molecule has 6 heteroatoms. The third-order valence-electron chi connectivity index (χ3n) is 3.43. The number of hydrogen-bond donors (Lipinski definition) is 2. The van der Waals surface area contributed by atoms with Crippen molar-refractivity contribution in [3.05, 3.63) is 23.2 Å². The molecule has 0 saturated carbocycles. The van der Waals surface area contributed by atoms with Crippen LogP contribution in [-0.2, 0) is 4.79 Å². The summed E-state index contributed by atoms with van der Waals surface area (Å²) in [6.45, 7) is 7.38. The van der Waals surface area contributed by atoms with E-state index in [1.54, 1.807) is 18.2 Å². The van der Waals surface area contributed by atoms with Crippen molar-refractivity contribution in [3.63, 3.8) is 0 Å². The molecule has 0 bridgehead atoms. The molecule has 1 aliphatic heterocycles. The number of rotatable bonds is 4. The summed E-state index contributed by atoms with van der Waals surface area (Å²) in [6, 6.07) is 5.14. The van der Waals surface area contributed by atoms with Crippen LogP contribution >= 0.6 is 23.4 Å². The number of nitrogens with two attached hydrogens (primary N) is 1. The smallest absolute Gasteiger partial charge is 0.225 e. The molecule has 3 N–H and O–H groups in total. The van der Waals surface area contributed by atoms with E-state index in [1.807, 2.05) is 11.8 Å². The lowest BCUT2D eigenvalue weighted by atomic mass is 10.2. The van der Waals surface area contributed by atoms with Crippen molar-refractivity contribution in [2.45, 2.75) is 30.8 Å².